The van der Waals surface area contributed by atoms with Gasteiger partial charge in [-0.05, 0) is 67.7 Å². The molecule has 0 N–H and O–H groups in total. The number of allylic oxidation sites excluding steroid dienone is 1. The van der Waals surface area contributed by atoms with E-state index in [0.717, 1.165) is 23.6 Å². The summed E-state index contributed by atoms with van der Waals surface area (Å²) in [6.45, 7) is 8.93. The third-order valence-electron chi connectivity index (χ3n) is 5.11. The minimum atomic E-state index is -0.178. The molecule has 0 fully saturated rings. The topological polar surface area (TPSA) is 3.24 Å². The predicted octanol–water partition coefficient (Wildman–Crippen LogP) is 5.94. The summed E-state index contributed by atoms with van der Waals surface area (Å²) >= 11 is 6.09. The maximum Gasteiger partial charge on any atom is 0.0646 e. The van der Waals surface area contributed by atoms with Crippen LogP contribution in [0.3, 0.4) is 0 Å². The second kappa shape index (κ2) is 5.01. The standard InChI is InChI=1S/C21H20ClN/c1-14-18-8-4-6-15-7-5-9-19(20(15)18)23(21(14,2)3)17-12-10-16(22)11-13-17/h4,6,8-13H,1,5,7H2,2-3H3. The van der Waals surface area contributed by atoms with E-state index in [-0.39, 0.29) is 5.54 Å². The zero-order valence-corrected chi connectivity index (χ0v) is 14.3. The molecule has 1 nitrogen and oxygen atoms in total. The second-order valence-electron chi connectivity index (χ2n) is 6.82. The molecule has 1 heterocycles. The highest BCUT2D eigenvalue weighted by Crippen LogP contribution is 2.49. The van der Waals surface area contributed by atoms with E-state index >= 15 is 0 Å². The van der Waals surface area contributed by atoms with E-state index in [9.17, 15) is 0 Å². The Bertz CT molecular complexity index is 827. The fourth-order valence-electron chi connectivity index (χ4n) is 3.85. The van der Waals surface area contributed by atoms with Crippen LogP contribution in [0.4, 0.5) is 5.69 Å². The van der Waals surface area contributed by atoms with Crippen molar-refractivity contribution >= 4 is 28.6 Å². The monoisotopic (exact) mass is 321 g/mol. The molecule has 116 valence electrons. The van der Waals surface area contributed by atoms with Gasteiger partial charge in [0, 0.05) is 22.0 Å². The van der Waals surface area contributed by atoms with Crippen molar-refractivity contribution in [3.8, 4) is 0 Å². The van der Waals surface area contributed by atoms with Crippen molar-refractivity contribution in [2.24, 2.45) is 0 Å². The Labute approximate surface area is 142 Å². The summed E-state index contributed by atoms with van der Waals surface area (Å²) in [5.74, 6) is 0. The fourth-order valence-corrected chi connectivity index (χ4v) is 3.98. The molecule has 0 atom stereocenters. The zero-order valence-electron chi connectivity index (χ0n) is 13.6. The molecular weight excluding hydrogens is 302 g/mol. The van der Waals surface area contributed by atoms with Gasteiger partial charge in [0.2, 0.25) is 0 Å². The van der Waals surface area contributed by atoms with Gasteiger partial charge >= 0.3 is 0 Å². The van der Waals surface area contributed by atoms with Crippen molar-refractivity contribution in [2.75, 3.05) is 4.90 Å². The van der Waals surface area contributed by atoms with E-state index < -0.39 is 0 Å². The fraction of sp³-hybridized carbons (Fsp3) is 0.238. The molecular formula is C21H20ClN. The van der Waals surface area contributed by atoms with Crippen LogP contribution in [0, 0.1) is 0 Å². The highest BCUT2D eigenvalue weighted by Gasteiger charge is 2.40. The van der Waals surface area contributed by atoms with Gasteiger partial charge in [-0.1, -0.05) is 42.5 Å². The van der Waals surface area contributed by atoms with E-state index in [1.165, 1.54) is 28.0 Å². The van der Waals surface area contributed by atoms with Crippen molar-refractivity contribution in [1.29, 1.82) is 0 Å². The Balaban J connectivity index is 1.98. The normalized spacial score (nSPS) is 18.5. The molecule has 0 spiro atoms. The molecule has 1 aliphatic heterocycles. The van der Waals surface area contributed by atoms with Gasteiger partial charge in [0.05, 0.1) is 5.54 Å². The molecule has 2 aliphatic rings. The van der Waals surface area contributed by atoms with Crippen molar-refractivity contribution in [1.82, 2.24) is 0 Å². The zero-order chi connectivity index (χ0) is 16.2. The first-order valence-corrected chi connectivity index (χ1v) is 8.46. The Morgan fingerprint density at radius 3 is 2.57 bits per heavy atom. The highest BCUT2D eigenvalue weighted by molar-refractivity contribution is 6.30. The smallest absolute Gasteiger partial charge is 0.0646 e. The summed E-state index contributed by atoms with van der Waals surface area (Å²) in [6.07, 6.45) is 4.56. The van der Waals surface area contributed by atoms with Crippen molar-refractivity contribution in [3.05, 3.63) is 76.8 Å². The summed E-state index contributed by atoms with van der Waals surface area (Å²) < 4.78 is 0. The summed E-state index contributed by atoms with van der Waals surface area (Å²) in [5, 5.41) is 0.765. The maximum absolute atomic E-state index is 6.09. The number of hydrogen-bond acceptors (Lipinski definition) is 1. The molecule has 2 heteroatoms. The van der Waals surface area contributed by atoms with E-state index in [0.29, 0.717) is 0 Å². The van der Waals surface area contributed by atoms with E-state index in [1.807, 2.05) is 12.1 Å². The quantitative estimate of drug-likeness (QED) is 0.628. The molecule has 0 aromatic heterocycles. The highest BCUT2D eigenvalue weighted by atomic mass is 35.5. The van der Waals surface area contributed by atoms with Crippen LogP contribution in [-0.2, 0) is 6.42 Å². The van der Waals surface area contributed by atoms with E-state index in [4.69, 9.17) is 11.6 Å². The first-order valence-electron chi connectivity index (χ1n) is 8.08. The van der Waals surface area contributed by atoms with E-state index in [1.54, 1.807) is 0 Å². The number of benzene rings is 2. The summed E-state index contributed by atoms with van der Waals surface area (Å²) in [4.78, 5) is 2.41. The second-order valence-corrected chi connectivity index (χ2v) is 7.25. The number of aryl methyl sites for hydroxylation is 1. The minimum Gasteiger partial charge on any atom is -0.331 e. The van der Waals surface area contributed by atoms with Gasteiger partial charge in [-0.3, -0.25) is 0 Å². The van der Waals surface area contributed by atoms with E-state index in [2.05, 4.69) is 61.7 Å². The Hall–Kier alpha value is -1.99. The number of rotatable bonds is 1. The van der Waals surface area contributed by atoms with Crippen LogP contribution in [0.15, 0.2) is 55.1 Å². The summed E-state index contributed by atoms with van der Waals surface area (Å²) in [5.41, 5.74) is 7.54. The lowest BCUT2D eigenvalue weighted by molar-refractivity contribution is 0.639. The Kier molecular flexibility index (Phi) is 3.18. The average molecular weight is 322 g/mol. The molecule has 0 unspecified atom stereocenters. The number of hydrogen-bond donors (Lipinski definition) is 0. The molecule has 0 amide bonds. The van der Waals surface area contributed by atoms with Crippen molar-refractivity contribution in [3.63, 3.8) is 0 Å². The van der Waals surface area contributed by atoms with Crippen LogP contribution in [0.2, 0.25) is 5.02 Å². The summed E-state index contributed by atoms with van der Waals surface area (Å²) in [7, 11) is 0. The van der Waals surface area contributed by atoms with Gasteiger partial charge < -0.3 is 4.90 Å². The molecule has 23 heavy (non-hydrogen) atoms. The van der Waals surface area contributed by atoms with Gasteiger partial charge in [0.1, 0.15) is 0 Å². The van der Waals surface area contributed by atoms with Crippen molar-refractivity contribution < 1.29 is 0 Å². The maximum atomic E-state index is 6.09. The molecule has 4 rings (SSSR count). The van der Waals surface area contributed by atoms with Gasteiger partial charge in [0.25, 0.3) is 0 Å². The first-order chi connectivity index (χ1) is 11.0. The van der Waals surface area contributed by atoms with Crippen molar-refractivity contribution in [2.45, 2.75) is 32.2 Å². The predicted molar refractivity (Wildman–Crippen MR) is 99.8 cm³/mol. The van der Waals surface area contributed by atoms with Crippen LogP contribution in [0.5, 0.6) is 0 Å². The molecule has 2 aromatic rings. The number of nitrogens with zero attached hydrogens (tertiary/aromatic N) is 1. The van der Waals surface area contributed by atoms with Crippen LogP contribution in [-0.4, -0.2) is 5.54 Å². The van der Waals surface area contributed by atoms with Crippen LogP contribution in [0.25, 0.3) is 11.3 Å². The van der Waals surface area contributed by atoms with Gasteiger partial charge in [-0.25, -0.2) is 0 Å². The third-order valence-corrected chi connectivity index (χ3v) is 5.36. The SMILES string of the molecule is C=C1c2cccc3c2C(=CCC3)N(c2ccc(Cl)cc2)C1(C)C. The molecule has 2 aromatic carbocycles. The molecule has 0 bridgehead atoms. The van der Waals surface area contributed by atoms with Gasteiger partial charge in [-0.2, -0.15) is 0 Å². The Morgan fingerprint density at radius 1 is 1.09 bits per heavy atom. The van der Waals surface area contributed by atoms with Crippen LogP contribution in [0.1, 0.15) is 37.0 Å². The lowest BCUT2D eigenvalue weighted by atomic mass is 9.75. The molecule has 0 radical (unpaired) electrons. The molecule has 0 saturated carbocycles. The third kappa shape index (κ3) is 2.07. The van der Waals surface area contributed by atoms with Crippen LogP contribution < -0.4 is 4.90 Å². The Morgan fingerprint density at radius 2 is 1.83 bits per heavy atom. The summed E-state index contributed by atoms with van der Waals surface area (Å²) in [6, 6.07) is 14.7. The van der Waals surface area contributed by atoms with Gasteiger partial charge in [0.15, 0.2) is 0 Å². The minimum absolute atomic E-state index is 0.178. The first kappa shape index (κ1) is 14.6. The number of halogens is 1. The lowest BCUT2D eigenvalue weighted by Crippen LogP contribution is -2.47. The average Bonchev–Trinajstić information content (AvgIpc) is 2.54. The molecule has 1 aliphatic carbocycles. The van der Waals surface area contributed by atoms with Gasteiger partial charge in [-0.15, -0.1) is 0 Å². The number of anilines is 1. The largest absolute Gasteiger partial charge is 0.331 e. The van der Waals surface area contributed by atoms with Crippen LogP contribution >= 0.6 is 11.6 Å². The molecule has 0 saturated heterocycles. The lowest BCUT2D eigenvalue weighted by Gasteiger charge is -2.49.